The lowest BCUT2D eigenvalue weighted by Gasteiger charge is -2.17. The Labute approximate surface area is 153 Å². The summed E-state index contributed by atoms with van der Waals surface area (Å²) in [6, 6.07) is 16.0. The third-order valence-corrected chi connectivity index (χ3v) is 4.74. The van der Waals surface area contributed by atoms with Crippen molar-refractivity contribution in [2.75, 3.05) is 25.7 Å². The van der Waals surface area contributed by atoms with E-state index in [-0.39, 0.29) is 24.2 Å². The Morgan fingerprint density at radius 2 is 1.81 bits per heavy atom. The molecule has 5 heteroatoms. The number of carbonyl (C=O) groups excluding carboxylic acids is 2. The number of nitrogens with zero attached hydrogens (tertiary/aromatic N) is 1. The van der Waals surface area contributed by atoms with Crippen LogP contribution in [-0.4, -0.2) is 32.6 Å². The van der Waals surface area contributed by atoms with Gasteiger partial charge >= 0.3 is 5.97 Å². The van der Waals surface area contributed by atoms with Crippen molar-refractivity contribution in [3.8, 4) is 5.75 Å². The molecular weight excluding hydrogens is 330 g/mol. The fourth-order valence-electron chi connectivity index (χ4n) is 3.24. The summed E-state index contributed by atoms with van der Waals surface area (Å²) in [7, 11) is 3.02. The average Bonchev–Trinajstić information content (AvgIpc) is 3.08. The van der Waals surface area contributed by atoms with Crippen LogP contribution >= 0.6 is 0 Å². The summed E-state index contributed by atoms with van der Waals surface area (Å²) in [6.07, 6.45) is 2.04. The molecule has 3 rings (SSSR count). The number of esters is 1. The fourth-order valence-corrected chi connectivity index (χ4v) is 3.24. The third kappa shape index (κ3) is 4.04. The van der Waals surface area contributed by atoms with Gasteiger partial charge in [-0.2, -0.15) is 0 Å². The number of methoxy groups -OCH3 is 2. The number of carbonyl (C=O) groups is 2. The van der Waals surface area contributed by atoms with Gasteiger partial charge in [-0.25, -0.2) is 0 Å². The molecule has 1 aliphatic heterocycles. The van der Waals surface area contributed by atoms with Gasteiger partial charge in [0.05, 0.1) is 20.1 Å². The summed E-state index contributed by atoms with van der Waals surface area (Å²) in [5.74, 6) is 0.131. The zero-order chi connectivity index (χ0) is 18.5. The van der Waals surface area contributed by atoms with Gasteiger partial charge in [0.2, 0.25) is 5.91 Å². The van der Waals surface area contributed by atoms with E-state index in [2.05, 4.69) is 6.07 Å². The number of rotatable bonds is 6. The second kappa shape index (κ2) is 8.04. The quantitative estimate of drug-likeness (QED) is 0.749. The van der Waals surface area contributed by atoms with Gasteiger partial charge in [-0.05, 0) is 48.2 Å². The molecule has 0 aliphatic carbocycles. The smallest absolute Gasteiger partial charge is 0.311 e. The molecule has 1 fully saturated rings. The SMILES string of the molecule is COC(=O)[C@H]1CC(=O)N(c2ccc(CCc3cccc(OC)c3)cc2)C1. The molecule has 0 unspecified atom stereocenters. The first-order valence-electron chi connectivity index (χ1n) is 8.71. The van der Waals surface area contributed by atoms with Crippen LogP contribution in [0.5, 0.6) is 5.75 Å². The number of hydrogen-bond acceptors (Lipinski definition) is 4. The second-order valence-electron chi connectivity index (χ2n) is 6.45. The molecule has 0 N–H and O–H groups in total. The Bertz CT molecular complexity index is 785. The predicted molar refractivity (Wildman–Crippen MR) is 99.3 cm³/mol. The lowest BCUT2D eigenvalue weighted by Crippen LogP contribution is -2.26. The van der Waals surface area contributed by atoms with E-state index in [0.717, 1.165) is 24.3 Å². The van der Waals surface area contributed by atoms with Crippen LogP contribution in [0.2, 0.25) is 0 Å². The Morgan fingerprint density at radius 1 is 1.08 bits per heavy atom. The molecule has 5 nitrogen and oxygen atoms in total. The van der Waals surface area contributed by atoms with Gasteiger partial charge in [0.15, 0.2) is 0 Å². The monoisotopic (exact) mass is 353 g/mol. The minimum Gasteiger partial charge on any atom is -0.497 e. The van der Waals surface area contributed by atoms with Gasteiger partial charge in [-0.1, -0.05) is 24.3 Å². The molecule has 0 spiro atoms. The highest BCUT2D eigenvalue weighted by Gasteiger charge is 2.35. The van der Waals surface area contributed by atoms with Gasteiger partial charge in [-0.3, -0.25) is 9.59 Å². The Morgan fingerprint density at radius 3 is 2.50 bits per heavy atom. The second-order valence-corrected chi connectivity index (χ2v) is 6.45. The van der Waals surface area contributed by atoms with Crippen molar-refractivity contribution in [1.29, 1.82) is 0 Å². The van der Waals surface area contributed by atoms with Crippen LogP contribution in [0, 0.1) is 5.92 Å². The molecule has 1 heterocycles. The maximum absolute atomic E-state index is 12.2. The molecule has 136 valence electrons. The number of amides is 1. The third-order valence-electron chi connectivity index (χ3n) is 4.74. The summed E-state index contributed by atoms with van der Waals surface area (Å²) in [5, 5.41) is 0. The van der Waals surface area contributed by atoms with E-state index >= 15 is 0 Å². The average molecular weight is 353 g/mol. The predicted octanol–water partition coefficient (Wildman–Crippen LogP) is 3.01. The maximum Gasteiger partial charge on any atom is 0.311 e. The number of hydrogen-bond donors (Lipinski definition) is 0. The van der Waals surface area contributed by atoms with Crippen molar-refractivity contribution in [2.24, 2.45) is 5.92 Å². The number of ether oxygens (including phenoxy) is 2. The van der Waals surface area contributed by atoms with E-state index in [1.807, 2.05) is 42.5 Å². The molecule has 0 saturated carbocycles. The van der Waals surface area contributed by atoms with Crippen LogP contribution in [-0.2, 0) is 27.2 Å². The van der Waals surface area contributed by atoms with Crippen LogP contribution in [0.15, 0.2) is 48.5 Å². The fraction of sp³-hybridized carbons (Fsp3) is 0.333. The molecule has 2 aromatic carbocycles. The summed E-state index contributed by atoms with van der Waals surface area (Å²) in [5.41, 5.74) is 3.25. The highest BCUT2D eigenvalue weighted by molar-refractivity contribution is 5.99. The Kier molecular flexibility index (Phi) is 5.56. The van der Waals surface area contributed by atoms with Crippen molar-refractivity contribution < 1.29 is 19.1 Å². The summed E-state index contributed by atoms with van der Waals surface area (Å²) < 4.78 is 10.0. The van der Waals surface area contributed by atoms with E-state index in [4.69, 9.17) is 9.47 Å². The molecule has 1 amide bonds. The molecule has 2 aromatic rings. The Balaban J connectivity index is 1.61. The van der Waals surface area contributed by atoms with Crippen molar-refractivity contribution in [2.45, 2.75) is 19.3 Å². The zero-order valence-electron chi connectivity index (χ0n) is 15.1. The largest absolute Gasteiger partial charge is 0.497 e. The minimum absolute atomic E-state index is 0.0375. The lowest BCUT2D eigenvalue weighted by molar-refractivity contribution is -0.145. The van der Waals surface area contributed by atoms with Crippen molar-refractivity contribution in [1.82, 2.24) is 0 Å². The molecular formula is C21H23NO4. The Hall–Kier alpha value is -2.82. The molecule has 0 aromatic heterocycles. The molecule has 0 bridgehead atoms. The molecule has 1 aliphatic rings. The highest BCUT2D eigenvalue weighted by Crippen LogP contribution is 2.26. The van der Waals surface area contributed by atoms with Gasteiger partial charge in [-0.15, -0.1) is 0 Å². The number of anilines is 1. The van der Waals surface area contributed by atoms with Crippen LogP contribution in [0.25, 0.3) is 0 Å². The standard InChI is InChI=1S/C21H23NO4/c1-25-19-5-3-4-16(12-19)7-6-15-8-10-18(11-9-15)22-14-17(13-20(22)23)21(24)26-2/h3-5,8-12,17H,6-7,13-14H2,1-2H3/t17-/m0/s1. The zero-order valence-corrected chi connectivity index (χ0v) is 15.1. The van der Waals surface area contributed by atoms with E-state index in [0.29, 0.717) is 6.54 Å². The molecule has 1 saturated heterocycles. The van der Waals surface area contributed by atoms with E-state index in [9.17, 15) is 9.59 Å². The van der Waals surface area contributed by atoms with Crippen molar-refractivity contribution in [3.05, 3.63) is 59.7 Å². The molecule has 26 heavy (non-hydrogen) atoms. The first-order chi connectivity index (χ1) is 12.6. The topological polar surface area (TPSA) is 55.8 Å². The summed E-state index contributed by atoms with van der Waals surface area (Å²) >= 11 is 0. The van der Waals surface area contributed by atoms with E-state index in [1.165, 1.54) is 18.2 Å². The van der Waals surface area contributed by atoms with Crippen LogP contribution in [0.1, 0.15) is 17.5 Å². The van der Waals surface area contributed by atoms with Crippen LogP contribution in [0.4, 0.5) is 5.69 Å². The number of benzene rings is 2. The van der Waals surface area contributed by atoms with E-state index < -0.39 is 0 Å². The maximum atomic E-state index is 12.2. The molecule has 0 radical (unpaired) electrons. The summed E-state index contributed by atoms with van der Waals surface area (Å²) in [4.78, 5) is 25.5. The first kappa shape index (κ1) is 18.0. The molecule has 1 atom stereocenters. The van der Waals surface area contributed by atoms with Crippen molar-refractivity contribution >= 4 is 17.6 Å². The van der Waals surface area contributed by atoms with Crippen LogP contribution in [0.3, 0.4) is 0 Å². The minimum atomic E-state index is -0.375. The number of aryl methyl sites for hydroxylation is 2. The highest BCUT2D eigenvalue weighted by atomic mass is 16.5. The first-order valence-corrected chi connectivity index (χ1v) is 8.71. The lowest BCUT2D eigenvalue weighted by atomic mass is 10.0. The van der Waals surface area contributed by atoms with Crippen LogP contribution < -0.4 is 9.64 Å². The van der Waals surface area contributed by atoms with E-state index in [1.54, 1.807) is 12.0 Å². The van der Waals surface area contributed by atoms with Crippen molar-refractivity contribution in [3.63, 3.8) is 0 Å². The van der Waals surface area contributed by atoms with Gasteiger partial charge in [0.1, 0.15) is 5.75 Å². The van der Waals surface area contributed by atoms with Gasteiger partial charge in [0, 0.05) is 18.7 Å². The van der Waals surface area contributed by atoms with Gasteiger partial charge < -0.3 is 14.4 Å². The van der Waals surface area contributed by atoms with Gasteiger partial charge in [0.25, 0.3) is 0 Å². The normalized spacial score (nSPS) is 16.6. The summed E-state index contributed by atoms with van der Waals surface area (Å²) in [6.45, 7) is 0.384.